The molecule has 86 valence electrons. The molecule has 6 heteroatoms. The first-order chi connectivity index (χ1) is 7.47. The fourth-order valence-electron chi connectivity index (χ4n) is 1.29. The van der Waals surface area contributed by atoms with Gasteiger partial charge < -0.3 is 4.74 Å². The van der Waals surface area contributed by atoms with Crippen molar-refractivity contribution < 1.29 is 14.5 Å². The van der Waals surface area contributed by atoms with Crippen LogP contribution in [0.2, 0.25) is 0 Å². The monoisotopic (exact) mass is 287 g/mol. The number of ether oxygens (including phenoxy) is 1. The van der Waals surface area contributed by atoms with Gasteiger partial charge in [0.2, 0.25) is 0 Å². The summed E-state index contributed by atoms with van der Waals surface area (Å²) in [6.07, 6.45) is 0.0121. The lowest BCUT2D eigenvalue weighted by atomic mass is 10.1. The van der Waals surface area contributed by atoms with E-state index in [-0.39, 0.29) is 12.1 Å². The van der Waals surface area contributed by atoms with Gasteiger partial charge in [0.15, 0.2) is 0 Å². The molecule has 0 atom stereocenters. The maximum Gasteiger partial charge on any atom is 0.310 e. The first kappa shape index (κ1) is 12.6. The van der Waals surface area contributed by atoms with E-state index in [1.165, 1.54) is 7.11 Å². The molecule has 0 aliphatic carbocycles. The number of carbonyl (C=O) groups is 1. The highest BCUT2D eigenvalue weighted by atomic mass is 79.9. The minimum Gasteiger partial charge on any atom is -0.469 e. The summed E-state index contributed by atoms with van der Waals surface area (Å²) in [6.45, 7) is 1.64. The molecule has 0 aliphatic heterocycles. The summed E-state index contributed by atoms with van der Waals surface area (Å²) in [5.74, 6) is -0.432. The fourth-order valence-corrected chi connectivity index (χ4v) is 2.02. The van der Waals surface area contributed by atoms with E-state index in [0.717, 1.165) is 0 Å². The highest BCUT2D eigenvalue weighted by molar-refractivity contribution is 9.10. The van der Waals surface area contributed by atoms with E-state index in [2.05, 4.69) is 20.7 Å². The number of nitrogens with zero attached hydrogens (tertiary/aromatic N) is 1. The van der Waals surface area contributed by atoms with Crippen LogP contribution in [0.5, 0.6) is 0 Å². The van der Waals surface area contributed by atoms with E-state index in [4.69, 9.17) is 0 Å². The van der Waals surface area contributed by atoms with Gasteiger partial charge >= 0.3 is 5.97 Å². The molecule has 0 aromatic heterocycles. The number of halogens is 1. The summed E-state index contributed by atoms with van der Waals surface area (Å²) >= 11 is 3.14. The lowest BCUT2D eigenvalue weighted by Gasteiger charge is -2.05. The van der Waals surface area contributed by atoms with E-state index in [0.29, 0.717) is 15.6 Å². The Kier molecular flexibility index (Phi) is 4.00. The molecule has 1 aromatic carbocycles. The standard InChI is InChI=1S/C10H10BrNO4/c1-6-3-4-7(5-8(13)16-2)9(11)10(6)12(14)15/h3-4H,5H2,1-2H3. The lowest BCUT2D eigenvalue weighted by Crippen LogP contribution is -2.06. The quantitative estimate of drug-likeness (QED) is 0.486. The number of rotatable bonds is 3. The summed E-state index contributed by atoms with van der Waals surface area (Å²) in [5.41, 5.74) is 1.08. The molecule has 0 spiro atoms. The minimum absolute atomic E-state index is 0.0121. The van der Waals surface area contributed by atoms with E-state index in [1.807, 2.05) is 0 Å². The SMILES string of the molecule is COC(=O)Cc1ccc(C)c([N+](=O)[O-])c1Br. The summed E-state index contributed by atoms with van der Waals surface area (Å²) < 4.78 is 4.85. The zero-order valence-corrected chi connectivity index (χ0v) is 10.4. The Hall–Kier alpha value is -1.43. The zero-order chi connectivity index (χ0) is 12.3. The van der Waals surface area contributed by atoms with Crippen molar-refractivity contribution >= 4 is 27.6 Å². The molecule has 16 heavy (non-hydrogen) atoms. The van der Waals surface area contributed by atoms with Gasteiger partial charge in [0.25, 0.3) is 5.69 Å². The van der Waals surface area contributed by atoms with Gasteiger partial charge in [-0.3, -0.25) is 14.9 Å². The molecule has 0 unspecified atom stereocenters. The van der Waals surface area contributed by atoms with Crippen LogP contribution in [0.25, 0.3) is 0 Å². The second-order valence-electron chi connectivity index (χ2n) is 3.21. The maximum absolute atomic E-state index is 11.1. The van der Waals surface area contributed by atoms with Gasteiger partial charge in [-0.1, -0.05) is 12.1 Å². The normalized spacial score (nSPS) is 9.94. The van der Waals surface area contributed by atoms with Crippen LogP contribution in [-0.4, -0.2) is 18.0 Å². The average Bonchev–Trinajstić information content (AvgIpc) is 2.21. The second kappa shape index (κ2) is 5.07. The number of hydrogen-bond donors (Lipinski definition) is 0. The largest absolute Gasteiger partial charge is 0.469 e. The molecule has 0 saturated carbocycles. The third-order valence-electron chi connectivity index (χ3n) is 2.14. The van der Waals surface area contributed by atoms with Gasteiger partial charge in [0.1, 0.15) is 0 Å². The van der Waals surface area contributed by atoms with E-state index >= 15 is 0 Å². The molecular weight excluding hydrogens is 278 g/mol. The topological polar surface area (TPSA) is 69.4 Å². The van der Waals surface area contributed by atoms with Crippen molar-refractivity contribution in [3.8, 4) is 0 Å². The second-order valence-corrected chi connectivity index (χ2v) is 4.01. The van der Waals surface area contributed by atoms with E-state index in [9.17, 15) is 14.9 Å². The minimum atomic E-state index is -0.472. The van der Waals surface area contributed by atoms with Gasteiger partial charge in [0.05, 0.1) is 22.9 Å². The van der Waals surface area contributed by atoms with Crippen molar-refractivity contribution in [2.75, 3.05) is 7.11 Å². The molecule has 0 heterocycles. The van der Waals surface area contributed by atoms with Crippen molar-refractivity contribution in [2.24, 2.45) is 0 Å². The Balaban J connectivity index is 3.18. The van der Waals surface area contributed by atoms with Crippen LogP contribution in [0.4, 0.5) is 5.69 Å². The predicted molar refractivity (Wildman–Crippen MR) is 61.3 cm³/mol. The molecule has 0 aliphatic rings. The summed E-state index contributed by atoms with van der Waals surface area (Å²) in [5, 5.41) is 10.8. The molecule has 0 N–H and O–H groups in total. The Labute approximate surface area is 101 Å². The molecule has 5 nitrogen and oxygen atoms in total. The van der Waals surface area contributed by atoms with Crippen LogP contribution in [0.3, 0.4) is 0 Å². The van der Waals surface area contributed by atoms with Crippen molar-refractivity contribution in [3.05, 3.63) is 37.8 Å². The molecule has 0 fully saturated rings. The Morgan fingerprint density at radius 3 is 2.69 bits per heavy atom. The smallest absolute Gasteiger partial charge is 0.310 e. The first-order valence-corrected chi connectivity index (χ1v) is 5.26. The number of hydrogen-bond acceptors (Lipinski definition) is 4. The van der Waals surface area contributed by atoms with Crippen LogP contribution in [0.15, 0.2) is 16.6 Å². The Morgan fingerprint density at radius 1 is 1.56 bits per heavy atom. The first-order valence-electron chi connectivity index (χ1n) is 4.46. The predicted octanol–water partition coefficient (Wildman–Crippen LogP) is 2.38. The van der Waals surface area contributed by atoms with Gasteiger partial charge in [0, 0.05) is 5.56 Å². The number of nitro benzene ring substituents is 1. The average molecular weight is 288 g/mol. The molecule has 0 saturated heterocycles. The van der Waals surface area contributed by atoms with Crippen molar-refractivity contribution in [2.45, 2.75) is 13.3 Å². The number of nitro groups is 1. The molecule has 1 rings (SSSR count). The Bertz CT molecular complexity index is 445. The number of aryl methyl sites for hydroxylation is 1. The van der Waals surface area contributed by atoms with Crippen LogP contribution in [0, 0.1) is 17.0 Å². The summed E-state index contributed by atoms with van der Waals surface area (Å²) in [6, 6.07) is 3.28. The van der Waals surface area contributed by atoms with Gasteiger partial charge in [-0.2, -0.15) is 0 Å². The Morgan fingerprint density at radius 2 is 2.19 bits per heavy atom. The summed E-state index contributed by atoms with van der Waals surface area (Å²) in [4.78, 5) is 21.4. The molecule has 1 aromatic rings. The van der Waals surface area contributed by atoms with Crippen LogP contribution in [0.1, 0.15) is 11.1 Å². The fraction of sp³-hybridized carbons (Fsp3) is 0.300. The van der Waals surface area contributed by atoms with Gasteiger partial charge in [-0.05, 0) is 28.4 Å². The van der Waals surface area contributed by atoms with Crippen molar-refractivity contribution in [1.29, 1.82) is 0 Å². The molecule has 0 amide bonds. The van der Waals surface area contributed by atoms with Crippen molar-refractivity contribution in [1.82, 2.24) is 0 Å². The van der Waals surface area contributed by atoms with Crippen LogP contribution >= 0.6 is 15.9 Å². The zero-order valence-electron chi connectivity index (χ0n) is 8.82. The van der Waals surface area contributed by atoms with E-state index < -0.39 is 10.9 Å². The third-order valence-corrected chi connectivity index (χ3v) is 3.03. The van der Waals surface area contributed by atoms with Gasteiger partial charge in [-0.25, -0.2) is 0 Å². The number of carbonyl (C=O) groups excluding carboxylic acids is 1. The summed E-state index contributed by atoms with van der Waals surface area (Å²) in [7, 11) is 1.28. The van der Waals surface area contributed by atoms with Crippen molar-refractivity contribution in [3.63, 3.8) is 0 Å². The molecular formula is C10H10BrNO4. The van der Waals surface area contributed by atoms with Gasteiger partial charge in [-0.15, -0.1) is 0 Å². The van der Waals surface area contributed by atoms with Crippen LogP contribution in [-0.2, 0) is 16.0 Å². The van der Waals surface area contributed by atoms with Crippen LogP contribution < -0.4 is 0 Å². The third kappa shape index (κ3) is 2.57. The maximum atomic E-state index is 11.1. The highest BCUT2D eigenvalue weighted by Crippen LogP contribution is 2.32. The highest BCUT2D eigenvalue weighted by Gasteiger charge is 2.20. The van der Waals surface area contributed by atoms with E-state index in [1.54, 1.807) is 19.1 Å². The molecule has 0 bridgehead atoms. The lowest BCUT2D eigenvalue weighted by molar-refractivity contribution is -0.386. The molecule has 0 radical (unpaired) electrons. The number of esters is 1. The number of methoxy groups -OCH3 is 1. The number of benzene rings is 1.